The highest BCUT2D eigenvalue weighted by Crippen LogP contribution is 2.39. The molecule has 0 radical (unpaired) electrons. The molecule has 144 valence electrons. The molecule has 0 aliphatic heterocycles. The Kier molecular flexibility index (Phi) is 5.04. The van der Waals surface area contributed by atoms with Crippen molar-refractivity contribution >= 4 is 43.8 Å². The number of rotatable bonds is 4. The summed E-state index contributed by atoms with van der Waals surface area (Å²) >= 11 is 3.45. The number of benzene rings is 4. The van der Waals surface area contributed by atoms with Gasteiger partial charge in [0.2, 0.25) is 0 Å². The Hall–Kier alpha value is -3.43. The molecule has 0 spiro atoms. The van der Waals surface area contributed by atoms with Crippen LogP contribution in [0.2, 0.25) is 0 Å². The van der Waals surface area contributed by atoms with Gasteiger partial charge in [0.15, 0.2) is 0 Å². The van der Waals surface area contributed by atoms with E-state index in [2.05, 4.69) is 117 Å². The van der Waals surface area contributed by atoms with Crippen LogP contribution in [0.4, 0.5) is 17.1 Å². The predicted molar refractivity (Wildman–Crippen MR) is 130 cm³/mol. The van der Waals surface area contributed by atoms with Gasteiger partial charge in [0.1, 0.15) is 0 Å². The molecule has 0 aliphatic carbocycles. The number of anilines is 3. The molecule has 0 amide bonds. The lowest BCUT2D eigenvalue weighted by Crippen LogP contribution is -2.10. The molecule has 0 saturated heterocycles. The minimum absolute atomic E-state index is 0.959. The third-order valence-electron chi connectivity index (χ3n) is 5.17. The zero-order chi connectivity index (χ0) is 20.3. The first-order valence-corrected chi connectivity index (χ1v) is 10.6. The van der Waals surface area contributed by atoms with Crippen molar-refractivity contribution in [2.45, 2.75) is 0 Å². The first-order chi connectivity index (χ1) is 14.8. The average molecular weight is 451 g/mol. The van der Waals surface area contributed by atoms with E-state index in [-0.39, 0.29) is 0 Å². The molecule has 0 atom stereocenters. The number of hydrogen-bond acceptors (Lipinski definition) is 2. The Bertz CT molecular complexity index is 1280. The monoisotopic (exact) mass is 450 g/mol. The molecular weight excluding hydrogens is 432 g/mol. The molecule has 0 unspecified atom stereocenters. The second-order valence-corrected chi connectivity index (χ2v) is 7.99. The number of hydrogen-bond donors (Lipinski definition) is 0. The van der Waals surface area contributed by atoms with Gasteiger partial charge in [-0.25, -0.2) is 0 Å². The van der Waals surface area contributed by atoms with Crippen LogP contribution in [0.25, 0.3) is 22.0 Å². The van der Waals surface area contributed by atoms with Crippen LogP contribution in [-0.2, 0) is 0 Å². The zero-order valence-electron chi connectivity index (χ0n) is 16.2. The molecule has 0 bridgehead atoms. The Morgan fingerprint density at radius 3 is 2.07 bits per heavy atom. The van der Waals surface area contributed by atoms with Gasteiger partial charge < -0.3 is 4.90 Å². The molecule has 2 nitrogen and oxygen atoms in total. The Morgan fingerprint density at radius 2 is 1.30 bits per heavy atom. The molecule has 5 aromatic rings. The minimum atomic E-state index is 0.959. The Balaban J connectivity index is 1.63. The summed E-state index contributed by atoms with van der Waals surface area (Å²) in [5, 5.41) is 2.45. The van der Waals surface area contributed by atoms with E-state index in [1.165, 1.54) is 10.8 Å². The van der Waals surface area contributed by atoms with Crippen molar-refractivity contribution in [3.05, 3.63) is 120 Å². The first kappa shape index (κ1) is 18.6. The molecule has 0 aliphatic rings. The number of pyridine rings is 1. The highest BCUT2D eigenvalue weighted by atomic mass is 79.9. The molecule has 3 heteroatoms. The summed E-state index contributed by atoms with van der Waals surface area (Å²) in [5.41, 5.74) is 5.45. The van der Waals surface area contributed by atoms with Gasteiger partial charge >= 0.3 is 0 Å². The molecule has 0 saturated carbocycles. The summed E-state index contributed by atoms with van der Waals surface area (Å²) in [7, 11) is 0. The normalized spacial score (nSPS) is 10.8. The van der Waals surface area contributed by atoms with Crippen molar-refractivity contribution in [1.29, 1.82) is 0 Å². The summed E-state index contributed by atoms with van der Waals surface area (Å²) in [5.74, 6) is 0. The summed E-state index contributed by atoms with van der Waals surface area (Å²) in [4.78, 5) is 6.83. The van der Waals surface area contributed by atoms with Gasteiger partial charge in [-0.15, -0.1) is 0 Å². The van der Waals surface area contributed by atoms with Crippen molar-refractivity contribution in [2.24, 2.45) is 0 Å². The molecule has 30 heavy (non-hydrogen) atoms. The fourth-order valence-electron chi connectivity index (χ4n) is 3.74. The van der Waals surface area contributed by atoms with E-state index >= 15 is 0 Å². The second-order valence-electron chi connectivity index (χ2n) is 7.08. The van der Waals surface area contributed by atoms with Crippen LogP contribution in [-0.4, -0.2) is 4.98 Å². The average Bonchev–Trinajstić information content (AvgIpc) is 2.81. The smallest absolute Gasteiger partial charge is 0.0702 e. The highest BCUT2D eigenvalue weighted by molar-refractivity contribution is 9.10. The molecular formula is C27H19BrN2. The van der Waals surface area contributed by atoms with Gasteiger partial charge in [-0.3, -0.25) is 4.98 Å². The van der Waals surface area contributed by atoms with Crippen molar-refractivity contribution in [1.82, 2.24) is 4.98 Å². The molecule has 1 heterocycles. The Morgan fingerprint density at radius 1 is 0.600 bits per heavy atom. The molecule has 0 N–H and O–H groups in total. The van der Waals surface area contributed by atoms with E-state index in [0.29, 0.717) is 0 Å². The van der Waals surface area contributed by atoms with Crippen molar-refractivity contribution in [3.63, 3.8) is 0 Å². The lowest BCUT2D eigenvalue weighted by molar-refractivity contribution is 1.28. The van der Waals surface area contributed by atoms with Gasteiger partial charge in [0, 0.05) is 33.0 Å². The van der Waals surface area contributed by atoms with Crippen LogP contribution in [0.15, 0.2) is 120 Å². The summed E-state index contributed by atoms with van der Waals surface area (Å²) in [6.45, 7) is 0. The topological polar surface area (TPSA) is 16.1 Å². The van der Waals surface area contributed by atoms with Gasteiger partial charge in [-0.05, 0) is 63.8 Å². The van der Waals surface area contributed by atoms with E-state index in [0.717, 1.165) is 32.8 Å². The standard InChI is InChI=1S/C27H19BrN2/c28-22-15-18-26(29-19-22)21-13-16-24(17-14-21)30(23-9-2-1-3-10-23)27-12-6-8-20-7-4-5-11-25(20)27/h1-19H. The maximum absolute atomic E-state index is 4.52. The van der Waals surface area contributed by atoms with E-state index in [9.17, 15) is 0 Å². The number of aromatic nitrogens is 1. The number of fused-ring (bicyclic) bond motifs is 1. The third kappa shape index (κ3) is 3.60. The van der Waals surface area contributed by atoms with Gasteiger partial charge in [0.25, 0.3) is 0 Å². The molecule has 4 aromatic carbocycles. The van der Waals surface area contributed by atoms with Crippen LogP contribution in [0.5, 0.6) is 0 Å². The van der Waals surface area contributed by atoms with Crippen LogP contribution >= 0.6 is 15.9 Å². The van der Waals surface area contributed by atoms with Crippen LogP contribution < -0.4 is 4.90 Å². The number of para-hydroxylation sites is 1. The van der Waals surface area contributed by atoms with Crippen molar-refractivity contribution in [2.75, 3.05) is 4.90 Å². The van der Waals surface area contributed by atoms with Gasteiger partial charge in [-0.2, -0.15) is 0 Å². The van der Waals surface area contributed by atoms with Gasteiger partial charge in [0.05, 0.1) is 11.4 Å². The summed E-state index contributed by atoms with van der Waals surface area (Å²) in [6.07, 6.45) is 1.83. The summed E-state index contributed by atoms with van der Waals surface area (Å²) < 4.78 is 0.981. The third-order valence-corrected chi connectivity index (χ3v) is 5.64. The minimum Gasteiger partial charge on any atom is -0.310 e. The predicted octanol–water partition coefficient (Wildman–Crippen LogP) is 8.13. The van der Waals surface area contributed by atoms with Gasteiger partial charge in [-0.1, -0.05) is 66.7 Å². The van der Waals surface area contributed by atoms with E-state index < -0.39 is 0 Å². The molecule has 0 fully saturated rings. The van der Waals surface area contributed by atoms with E-state index in [4.69, 9.17) is 0 Å². The van der Waals surface area contributed by atoms with Crippen LogP contribution in [0, 0.1) is 0 Å². The lowest BCUT2D eigenvalue weighted by Gasteiger charge is -2.27. The fraction of sp³-hybridized carbons (Fsp3) is 0. The van der Waals surface area contributed by atoms with Crippen LogP contribution in [0.1, 0.15) is 0 Å². The fourth-order valence-corrected chi connectivity index (χ4v) is 3.97. The maximum Gasteiger partial charge on any atom is 0.0702 e. The van der Waals surface area contributed by atoms with E-state index in [1.54, 1.807) is 0 Å². The van der Waals surface area contributed by atoms with Crippen molar-refractivity contribution in [3.8, 4) is 11.3 Å². The Labute approximate surface area is 184 Å². The summed E-state index contributed by atoms with van der Waals surface area (Å²) in [6, 6.07) is 38.1. The maximum atomic E-state index is 4.52. The first-order valence-electron chi connectivity index (χ1n) is 9.84. The van der Waals surface area contributed by atoms with Crippen molar-refractivity contribution < 1.29 is 0 Å². The number of halogens is 1. The quantitative estimate of drug-likeness (QED) is 0.274. The lowest BCUT2D eigenvalue weighted by atomic mass is 10.1. The highest BCUT2D eigenvalue weighted by Gasteiger charge is 2.15. The zero-order valence-corrected chi connectivity index (χ0v) is 17.8. The van der Waals surface area contributed by atoms with Crippen LogP contribution in [0.3, 0.4) is 0 Å². The largest absolute Gasteiger partial charge is 0.310 e. The molecule has 1 aromatic heterocycles. The second kappa shape index (κ2) is 8.13. The van der Waals surface area contributed by atoms with E-state index in [1.807, 2.05) is 24.4 Å². The molecule has 5 rings (SSSR count). The SMILES string of the molecule is Brc1ccc(-c2ccc(N(c3ccccc3)c3cccc4ccccc34)cc2)nc1. The number of nitrogens with zero attached hydrogens (tertiary/aromatic N) is 2.